The van der Waals surface area contributed by atoms with Crippen LogP contribution in [0, 0.1) is 10.1 Å². The van der Waals surface area contributed by atoms with Gasteiger partial charge in [0.2, 0.25) is 0 Å². The van der Waals surface area contributed by atoms with Crippen LogP contribution in [-0.2, 0) is 9.53 Å². The zero-order valence-electron chi connectivity index (χ0n) is 14.5. The Hall–Kier alpha value is -2.52. The number of benzene rings is 1. The number of aliphatic carboxylic acids is 1. The van der Waals surface area contributed by atoms with Crippen LogP contribution in [0.15, 0.2) is 24.3 Å². The van der Waals surface area contributed by atoms with E-state index in [1.54, 1.807) is 0 Å². The van der Waals surface area contributed by atoms with E-state index in [1.165, 1.54) is 29.2 Å². The molecule has 0 unspecified atom stereocenters. The molecular weight excluding hydrogens is 342 g/mol. The first kappa shape index (κ1) is 18.3. The Kier molecular flexibility index (Phi) is 4.92. The number of hydrogen-bond donors (Lipinski definition) is 1. The molecule has 9 nitrogen and oxygen atoms in total. The van der Waals surface area contributed by atoms with Gasteiger partial charge in [0.25, 0.3) is 11.6 Å². The molecule has 0 bridgehead atoms. The summed E-state index contributed by atoms with van der Waals surface area (Å²) >= 11 is 0. The molecule has 1 aromatic rings. The molecule has 0 saturated carbocycles. The van der Waals surface area contributed by atoms with Crippen molar-refractivity contribution in [3.8, 4) is 0 Å². The predicted molar refractivity (Wildman–Crippen MR) is 90.7 cm³/mol. The molecule has 2 fully saturated rings. The van der Waals surface area contributed by atoms with Crippen molar-refractivity contribution in [1.82, 2.24) is 9.80 Å². The van der Waals surface area contributed by atoms with Crippen molar-refractivity contribution in [2.24, 2.45) is 0 Å². The largest absolute Gasteiger partial charge is 0.480 e. The van der Waals surface area contributed by atoms with Crippen molar-refractivity contribution in [2.75, 3.05) is 26.2 Å². The Bertz CT molecular complexity index is 729. The van der Waals surface area contributed by atoms with Gasteiger partial charge >= 0.3 is 5.97 Å². The zero-order chi connectivity index (χ0) is 18.9. The van der Waals surface area contributed by atoms with E-state index in [0.717, 1.165) is 6.54 Å². The number of likely N-dealkylation sites (tertiary alicyclic amines) is 1. The molecule has 2 aliphatic heterocycles. The number of carboxylic acid groups (broad SMARTS) is 1. The summed E-state index contributed by atoms with van der Waals surface area (Å²) in [6, 6.07) is 4.25. The van der Waals surface area contributed by atoms with Crippen molar-refractivity contribution in [2.45, 2.75) is 31.5 Å². The third-order valence-electron chi connectivity index (χ3n) is 5.15. The van der Waals surface area contributed by atoms with Crippen LogP contribution in [0.1, 0.15) is 30.1 Å². The highest BCUT2D eigenvalue weighted by atomic mass is 16.6. The number of nitrogens with zero attached hydrogens (tertiary/aromatic N) is 3. The second-order valence-electron chi connectivity index (χ2n) is 6.53. The molecule has 1 N–H and O–H groups in total. The quantitative estimate of drug-likeness (QED) is 0.634. The standard InChI is InChI=1S/C17H21N3O6/c1-2-18-8-6-17(7-9-18)19(14(11-26-17)16(22)23)15(21)12-4-3-5-13(10-12)20(24)25/h3-5,10,14H,2,6-9,11H2,1H3,(H,22,23)/t14-/m0/s1. The highest BCUT2D eigenvalue weighted by Gasteiger charge is 2.54. The van der Waals surface area contributed by atoms with Gasteiger partial charge in [-0.05, 0) is 12.6 Å². The van der Waals surface area contributed by atoms with Gasteiger partial charge in [-0.3, -0.25) is 19.8 Å². The minimum atomic E-state index is -1.14. The maximum atomic E-state index is 13.1. The van der Waals surface area contributed by atoms with Gasteiger partial charge in [-0.2, -0.15) is 0 Å². The lowest BCUT2D eigenvalue weighted by Crippen LogP contribution is -2.58. The van der Waals surface area contributed by atoms with Crippen LogP contribution in [0.4, 0.5) is 5.69 Å². The zero-order valence-corrected chi connectivity index (χ0v) is 14.5. The van der Waals surface area contributed by atoms with E-state index in [9.17, 15) is 24.8 Å². The Balaban J connectivity index is 1.94. The van der Waals surface area contributed by atoms with Crippen LogP contribution in [0.2, 0.25) is 0 Å². The lowest BCUT2D eigenvalue weighted by molar-refractivity contribution is -0.384. The van der Waals surface area contributed by atoms with E-state index in [4.69, 9.17) is 4.74 Å². The molecule has 1 amide bonds. The predicted octanol–water partition coefficient (Wildman–Crippen LogP) is 1.33. The molecule has 0 aliphatic carbocycles. The normalized spacial score (nSPS) is 22.5. The summed E-state index contributed by atoms with van der Waals surface area (Å²) < 4.78 is 5.84. The van der Waals surface area contributed by atoms with Crippen molar-refractivity contribution >= 4 is 17.6 Å². The van der Waals surface area contributed by atoms with Gasteiger partial charge in [0.15, 0.2) is 6.04 Å². The summed E-state index contributed by atoms with van der Waals surface area (Å²) in [4.78, 5) is 38.7. The lowest BCUT2D eigenvalue weighted by Gasteiger charge is -2.44. The number of non-ortho nitro benzene ring substituents is 1. The number of nitro benzene ring substituents is 1. The number of ether oxygens (including phenoxy) is 1. The summed E-state index contributed by atoms with van der Waals surface area (Å²) in [5.41, 5.74) is -1.10. The van der Waals surface area contributed by atoms with E-state index in [0.29, 0.717) is 25.9 Å². The van der Waals surface area contributed by atoms with Gasteiger partial charge in [0.05, 0.1) is 11.5 Å². The van der Waals surface area contributed by atoms with E-state index >= 15 is 0 Å². The van der Waals surface area contributed by atoms with Crippen LogP contribution in [0.5, 0.6) is 0 Å². The molecule has 1 atom stereocenters. The fourth-order valence-corrected chi connectivity index (χ4v) is 3.67. The second kappa shape index (κ2) is 7.00. The Labute approximate surface area is 150 Å². The fourth-order valence-electron chi connectivity index (χ4n) is 3.67. The van der Waals surface area contributed by atoms with E-state index in [-0.39, 0.29) is 17.9 Å². The smallest absolute Gasteiger partial charge is 0.328 e. The van der Waals surface area contributed by atoms with E-state index < -0.39 is 28.6 Å². The summed E-state index contributed by atoms with van der Waals surface area (Å²) in [7, 11) is 0. The first-order valence-corrected chi connectivity index (χ1v) is 8.55. The SMILES string of the molecule is CCN1CCC2(CC1)OC[C@@H](C(=O)O)N2C(=O)c1cccc([N+](=O)[O-])c1. The molecule has 0 aromatic heterocycles. The molecule has 9 heteroatoms. The van der Waals surface area contributed by atoms with Gasteiger partial charge < -0.3 is 14.7 Å². The Morgan fingerprint density at radius 2 is 2.08 bits per heavy atom. The van der Waals surface area contributed by atoms with E-state index in [2.05, 4.69) is 4.90 Å². The van der Waals surface area contributed by atoms with Gasteiger partial charge in [0.1, 0.15) is 5.72 Å². The molecule has 2 heterocycles. The molecule has 26 heavy (non-hydrogen) atoms. The summed E-state index contributed by atoms with van der Waals surface area (Å²) in [6.45, 7) is 4.22. The van der Waals surface area contributed by atoms with Crippen molar-refractivity contribution in [1.29, 1.82) is 0 Å². The number of piperidine rings is 1. The first-order valence-electron chi connectivity index (χ1n) is 8.55. The van der Waals surface area contributed by atoms with Crippen LogP contribution < -0.4 is 0 Å². The minimum Gasteiger partial charge on any atom is -0.480 e. The average Bonchev–Trinajstić information content (AvgIpc) is 3.01. The number of carboxylic acids is 1. The lowest BCUT2D eigenvalue weighted by atomic mass is 9.96. The number of hydrogen-bond acceptors (Lipinski definition) is 6. The summed E-state index contributed by atoms with van der Waals surface area (Å²) in [5.74, 6) is -1.69. The van der Waals surface area contributed by atoms with Gasteiger partial charge in [-0.25, -0.2) is 4.79 Å². The maximum absolute atomic E-state index is 13.1. The third-order valence-corrected chi connectivity index (χ3v) is 5.15. The molecule has 0 radical (unpaired) electrons. The van der Waals surface area contributed by atoms with Crippen LogP contribution >= 0.6 is 0 Å². The topological polar surface area (TPSA) is 113 Å². The molecule has 140 valence electrons. The first-order chi connectivity index (χ1) is 12.4. The maximum Gasteiger partial charge on any atom is 0.328 e. The monoisotopic (exact) mass is 363 g/mol. The summed E-state index contributed by atoms with van der Waals surface area (Å²) in [5, 5.41) is 20.5. The van der Waals surface area contributed by atoms with Crippen LogP contribution in [0.25, 0.3) is 0 Å². The van der Waals surface area contributed by atoms with Crippen LogP contribution in [0.3, 0.4) is 0 Å². The summed E-state index contributed by atoms with van der Waals surface area (Å²) in [6.07, 6.45) is 1.01. The molecule has 1 spiro atoms. The van der Waals surface area contributed by atoms with Gasteiger partial charge in [0, 0.05) is 43.6 Å². The molecule has 2 aliphatic rings. The second-order valence-corrected chi connectivity index (χ2v) is 6.53. The number of amides is 1. The number of rotatable bonds is 4. The minimum absolute atomic E-state index is 0.0812. The molecule has 1 aromatic carbocycles. The highest BCUT2D eigenvalue weighted by molar-refractivity contribution is 5.98. The van der Waals surface area contributed by atoms with Crippen LogP contribution in [-0.4, -0.2) is 69.7 Å². The van der Waals surface area contributed by atoms with Gasteiger partial charge in [-0.1, -0.05) is 13.0 Å². The average molecular weight is 363 g/mol. The molecular formula is C17H21N3O6. The Morgan fingerprint density at radius 3 is 2.65 bits per heavy atom. The fraction of sp³-hybridized carbons (Fsp3) is 0.529. The van der Waals surface area contributed by atoms with E-state index in [1.807, 2.05) is 6.92 Å². The molecule has 3 rings (SSSR count). The third kappa shape index (κ3) is 3.15. The van der Waals surface area contributed by atoms with Crippen molar-refractivity contribution in [3.63, 3.8) is 0 Å². The Morgan fingerprint density at radius 1 is 1.38 bits per heavy atom. The number of nitro groups is 1. The highest BCUT2D eigenvalue weighted by Crippen LogP contribution is 2.38. The van der Waals surface area contributed by atoms with Crippen molar-refractivity contribution < 1.29 is 24.4 Å². The van der Waals surface area contributed by atoms with Crippen molar-refractivity contribution in [3.05, 3.63) is 39.9 Å². The number of carbonyl (C=O) groups is 2. The molecule has 2 saturated heterocycles. The number of carbonyl (C=O) groups excluding carboxylic acids is 1. The van der Waals surface area contributed by atoms with Gasteiger partial charge in [-0.15, -0.1) is 0 Å².